The molecule has 1 aromatic carbocycles. The molecule has 2 heterocycles. The van der Waals surface area contributed by atoms with Crippen LogP contribution in [0.5, 0.6) is 11.5 Å². The normalized spacial score (nSPS) is 23.1. The Kier molecular flexibility index (Phi) is 10.3. The van der Waals surface area contributed by atoms with Crippen LogP contribution in [0.3, 0.4) is 0 Å². The van der Waals surface area contributed by atoms with Crippen molar-refractivity contribution in [3.8, 4) is 11.5 Å². The number of hydrogen-bond acceptors (Lipinski definition) is 9. The van der Waals surface area contributed by atoms with Gasteiger partial charge in [0.05, 0.1) is 37.5 Å². The van der Waals surface area contributed by atoms with Crippen LogP contribution >= 0.6 is 11.6 Å². The van der Waals surface area contributed by atoms with Gasteiger partial charge in [-0.25, -0.2) is 0 Å². The van der Waals surface area contributed by atoms with E-state index in [1.54, 1.807) is 19.1 Å². The monoisotopic (exact) mass is 687 g/mol. The predicted octanol–water partition coefficient (Wildman–Crippen LogP) is 2.75. The average Bonchev–Trinajstić information content (AvgIpc) is 3.98. The topological polar surface area (TPSA) is 165 Å². The van der Waals surface area contributed by atoms with Crippen LogP contribution in [-0.4, -0.2) is 91.1 Å². The molecule has 1 saturated heterocycles. The van der Waals surface area contributed by atoms with Gasteiger partial charge in [0.2, 0.25) is 23.5 Å². The van der Waals surface area contributed by atoms with Crippen LogP contribution < -0.4 is 25.4 Å². The van der Waals surface area contributed by atoms with Gasteiger partial charge in [-0.1, -0.05) is 50.4 Å². The first kappa shape index (κ1) is 35.4. The lowest BCUT2D eigenvalue weighted by Crippen LogP contribution is -2.59. The van der Waals surface area contributed by atoms with Crippen LogP contribution in [-0.2, 0) is 28.8 Å². The molecule has 262 valence electrons. The summed E-state index contributed by atoms with van der Waals surface area (Å²) in [6, 6.07) is 0.270. The number of nitrogens with one attached hydrogen (secondary N) is 3. The standard InChI is InChI=1S/C34H46ClN5O8/c1-7-36-31(44)27(41)22(12-18-8-9-18)37-30(43)24-16-34(15-23(39-48-34)20-13-21(35)26(47-6)14-25(20)46-5)17-40(24)32(45)28(33(2,3)4)38-29(42)19-10-11-19/h13-14,18-19,22,24,28H,7-12,15-17H2,1-6H3,(H,36,44)(H,37,43)(H,38,42)/t22-,24-,28+,34+/m0/s1. The summed E-state index contributed by atoms with van der Waals surface area (Å²) in [5.41, 5.74) is -0.695. The molecule has 4 atom stereocenters. The van der Waals surface area contributed by atoms with Crippen LogP contribution in [0.25, 0.3) is 0 Å². The Morgan fingerprint density at radius 1 is 1.04 bits per heavy atom. The van der Waals surface area contributed by atoms with Crippen molar-refractivity contribution in [1.82, 2.24) is 20.9 Å². The molecule has 3 N–H and O–H groups in total. The van der Waals surface area contributed by atoms with Crippen LogP contribution in [0.15, 0.2) is 17.3 Å². The number of halogens is 1. The molecule has 4 aliphatic rings. The first-order valence-corrected chi connectivity index (χ1v) is 17.0. The number of carbonyl (C=O) groups excluding carboxylic acids is 5. The van der Waals surface area contributed by atoms with Crippen molar-refractivity contribution in [1.29, 1.82) is 0 Å². The van der Waals surface area contributed by atoms with E-state index in [1.165, 1.54) is 19.1 Å². The molecular formula is C34H46ClN5O8. The number of Topliss-reactive ketones (excluding diaryl/α,β-unsaturated/α-hetero) is 1. The summed E-state index contributed by atoms with van der Waals surface area (Å²) in [6.45, 7) is 7.54. The van der Waals surface area contributed by atoms with Gasteiger partial charge in [-0.2, -0.15) is 0 Å². The van der Waals surface area contributed by atoms with Gasteiger partial charge in [0.1, 0.15) is 23.6 Å². The molecule has 4 amide bonds. The van der Waals surface area contributed by atoms with Crippen LogP contribution in [0, 0.1) is 17.3 Å². The minimum atomic E-state index is -1.09. The Morgan fingerprint density at radius 2 is 1.73 bits per heavy atom. The van der Waals surface area contributed by atoms with Crippen molar-refractivity contribution in [3.63, 3.8) is 0 Å². The molecule has 2 saturated carbocycles. The molecule has 5 rings (SSSR count). The molecule has 48 heavy (non-hydrogen) atoms. The molecule has 1 aromatic rings. The zero-order chi connectivity index (χ0) is 35.0. The van der Waals surface area contributed by atoms with E-state index < -0.39 is 52.6 Å². The van der Waals surface area contributed by atoms with Gasteiger partial charge < -0.3 is 35.2 Å². The third kappa shape index (κ3) is 7.71. The average molecular weight is 688 g/mol. The molecule has 0 aromatic heterocycles. The molecule has 2 aliphatic carbocycles. The second-order valence-electron chi connectivity index (χ2n) is 14.4. The number of rotatable bonds is 13. The lowest BCUT2D eigenvalue weighted by atomic mass is 9.85. The summed E-state index contributed by atoms with van der Waals surface area (Å²) in [5, 5.41) is 13.0. The van der Waals surface area contributed by atoms with Crippen molar-refractivity contribution in [3.05, 3.63) is 22.7 Å². The van der Waals surface area contributed by atoms with Gasteiger partial charge in [0.25, 0.3) is 5.91 Å². The van der Waals surface area contributed by atoms with Crippen LogP contribution in [0.1, 0.15) is 78.2 Å². The fourth-order valence-corrected chi connectivity index (χ4v) is 6.61. The number of ether oxygens (including phenoxy) is 2. The number of ketones is 1. The van der Waals surface area contributed by atoms with Crippen molar-refractivity contribution in [2.24, 2.45) is 22.4 Å². The van der Waals surface area contributed by atoms with Crippen molar-refractivity contribution >= 4 is 46.7 Å². The number of methoxy groups -OCH3 is 2. The quantitative estimate of drug-likeness (QED) is 0.267. The SMILES string of the molecule is CCNC(=O)C(=O)[C@H](CC1CC1)NC(=O)[C@@H]1C[C@]2(CC(c3cc(Cl)c(OC)cc3OC)=NO2)CN1C(=O)[C@@H](NC(=O)C1CC1)C(C)(C)C. The molecule has 2 aliphatic heterocycles. The van der Waals surface area contributed by atoms with E-state index in [4.69, 9.17) is 25.9 Å². The highest BCUT2D eigenvalue weighted by atomic mass is 35.5. The number of carbonyl (C=O) groups is 5. The molecule has 0 unspecified atom stereocenters. The summed E-state index contributed by atoms with van der Waals surface area (Å²) in [4.78, 5) is 74.7. The predicted molar refractivity (Wildman–Crippen MR) is 177 cm³/mol. The molecule has 1 spiro atoms. The third-order valence-electron chi connectivity index (χ3n) is 9.42. The van der Waals surface area contributed by atoms with Gasteiger partial charge in [-0.15, -0.1) is 0 Å². The van der Waals surface area contributed by atoms with Crippen molar-refractivity contribution in [2.45, 2.75) is 96.4 Å². The Labute approximate surface area is 285 Å². The highest BCUT2D eigenvalue weighted by Crippen LogP contribution is 2.43. The van der Waals surface area contributed by atoms with Gasteiger partial charge >= 0.3 is 0 Å². The van der Waals surface area contributed by atoms with E-state index in [0.29, 0.717) is 34.2 Å². The van der Waals surface area contributed by atoms with Crippen molar-refractivity contribution < 1.29 is 38.3 Å². The highest BCUT2D eigenvalue weighted by Gasteiger charge is 2.56. The number of nitrogens with zero attached hydrogens (tertiary/aromatic N) is 2. The van der Waals surface area contributed by atoms with Gasteiger partial charge in [-0.3, -0.25) is 24.0 Å². The maximum Gasteiger partial charge on any atom is 0.289 e. The first-order chi connectivity index (χ1) is 22.7. The smallest absolute Gasteiger partial charge is 0.289 e. The number of likely N-dealkylation sites (N-methyl/N-ethyl adjacent to an activating group) is 1. The molecular weight excluding hydrogens is 642 g/mol. The Hall–Kier alpha value is -3.87. The number of amides is 4. The number of benzene rings is 1. The highest BCUT2D eigenvalue weighted by molar-refractivity contribution is 6.38. The Morgan fingerprint density at radius 3 is 2.31 bits per heavy atom. The first-order valence-electron chi connectivity index (χ1n) is 16.6. The second kappa shape index (κ2) is 13.9. The molecule has 13 nitrogen and oxygen atoms in total. The fourth-order valence-electron chi connectivity index (χ4n) is 6.37. The number of oxime groups is 1. The molecule has 14 heteroatoms. The number of likely N-dealkylation sites (tertiary alicyclic amines) is 1. The summed E-state index contributed by atoms with van der Waals surface area (Å²) < 4.78 is 10.9. The molecule has 0 radical (unpaired) electrons. The zero-order valence-corrected chi connectivity index (χ0v) is 29.2. The van der Waals surface area contributed by atoms with E-state index in [0.717, 1.165) is 25.7 Å². The van der Waals surface area contributed by atoms with Gasteiger partial charge in [0, 0.05) is 36.9 Å². The van der Waals surface area contributed by atoms with Gasteiger partial charge in [-0.05, 0) is 43.6 Å². The minimum Gasteiger partial charge on any atom is -0.496 e. The van der Waals surface area contributed by atoms with Crippen LogP contribution in [0.4, 0.5) is 0 Å². The van der Waals surface area contributed by atoms with E-state index in [9.17, 15) is 24.0 Å². The molecule has 0 bridgehead atoms. The van der Waals surface area contributed by atoms with E-state index in [-0.39, 0.29) is 43.7 Å². The van der Waals surface area contributed by atoms with E-state index in [1.807, 2.05) is 20.8 Å². The summed E-state index contributed by atoms with van der Waals surface area (Å²) in [5.74, 6) is -1.72. The second-order valence-corrected chi connectivity index (χ2v) is 14.8. The summed E-state index contributed by atoms with van der Waals surface area (Å²) >= 11 is 6.45. The summed E-state index contributed by atoms with van der Waals surface area (Å²) in [6.07, 6.45) is 3.96. The Bertz CT molecular complexity index is 1500. The minimum absolute atomic E-state index is 0.00738. The largest absolute Gasteiger partial charge is 0.496 e. The van der Waals surface area contributed by atoms with Crippen molar-refractivity contribution in [2.75, 3.05) is 27.3 Å². The molecule has 3 fully saturated rings. The lowest BCUT2D eigenvalue weighted by Gasteiger charge is -2.35. The fraction of sp³-hybridized carbons (Fsp3) is 0.647. The van der Waals surface area contributed by atoms with E-state index >= 15 is 0 Å². The Balaban J connectivity index is 1.44. The lowest BCUT2D eigenvalue weighted by molar-refractivity contribution is -0.145. The summed E-state index contributed by atoms with van der Waals surface area (Å²) in [7, 11) is 3.01. The van der Waals surface area contributed by atoms with Crippen LogP contribution in [0.2, 0.25) is 5.02 Å². The number of hydrogen-bond donors (Lipinski definition) is 3. The van der Waals surface area contributed by atoms with E-state index in [2.05, 4.69) is 21.1 Å². The third-order valence-corrected chi connectivity index (χ3v) is 9.71. The van der Waals surface area contributed by atoms with Gasteiger partial charge in [0.15, 0.2) is 5.60 Å². The maximum atomic E-state index is 14.4. The maximum absolute atomic E-state index is 14.4. The zero-order valence-electron chi connectivity index (χ0n) is 28.4.